The molecule has 0 bridgehead atoms. The molecule has 0 amide bonds. The van der Waals surface area contributed by atoms with E-state index < -0.39 is 0 Å². The number of hydrogen-bond acceptors (Lipinski definition) is 2. The van der Waals surface area contributed by atoms with Gasteiger partial charge in [0.05, 0.1) is 0 Å². The highest BCUT2D eigenvalue weighted by Crippen LogP contribution is 2.20. The van der Waals surface area contributed by atoms with Crippen molar-refractivity contribution in [1.82, 2.24) is 5.32 Å². The lowest BCUT2D eigenvalue weighted by Gasteiger charge is -2.05. The molecule has 0 radical (unpaired) electrons. The summed E-state index contributed by atoms with van der Waals surface area (Å²) < 4.78 is 0. The normalized spacial score (nSPS) is 10.0. The van der Waals surface area contributed by atoms with Crippen molar-refractivity contribution in [3.05, 3.63) is 29.8 Å². The third-order valence-corrected chi connectivity index (χ3v) is 3.29. The van der Waals surface area contributed by atoms with Crippen molar-refractivity contribution in [1.29, 1.82) is 0 Å². The predicted molar refractivity (Wildman–Crippen MR) is 72.6 cm³/mol. The van der Waals surface area contributed by atoms with Gasteiger partial charge in [0.2, 0.25) is 0 Å². The van der Waals surface area contributed by atoms with Crippen molar-refractivity contribution >= 4 is 11.8 Å². The number of hydrogen-bond donors (Lipinski definition) is 1. The third kappa shape index (κ3) is 5.25. The minimum absolute atomic E-state index is 0.879. The van der Waals surface area contributed by atoms with Gasteiger partial charge in [0, 0.05) is 17.9 Å². The Balaban J connectivity index is 2.38. The Morgan fingerprint density at radius 3 is 3.06 bits per heavy atom. The first-order chi connectivity index (χ1) is 7.86. The summed E-state index contributed by atoms with van der Waals surface area (Å²) in [5.41, 5.74) is 1.35. The average molecular weight is 233 g/mol. The Hall–Kier alpha value is -0.910. The van der Waals surface area contributed by atoms with E-state index in [2.05, 4.69) is 42.4 Å². The number of nitrogens with one attached hydrogen (secondary N) is 1. The first-order valence-electron chi connectivity index (χ1n) is 5.72. The standard InChI is InChI=1S/C14H19NS/c1-3-5-6-10-16-14-9-7-8-13(11-14)12-15-4-2/h1,7-9,11,15H,4-6,10,12H2,2H3. The van der Waals surface area contributed by atoms with E-state index in [9.17, 15) is 0 Å². The van der Waals surface area contributed by atoms with Crippen LogP contribution in [-0.2, 0) is 6.54 Å². The van der Waals surface area contributed by atoms with Crippen LogP contribution in [0.4, 0.5) is 0 Å². The van der Waals surface area contributed by atoms with Gasteiger partial charge >= 0.3 is 0 Å². The molecule has 0 aliphatic heterocycles. The summed E-state index contributed by atoms with van der Waals surface area (Å²) in [6.07, 6.45) is 7.19. The van der Waals surface area contributed by atoms with Crippen LogP contribution in [0.25, 0.3) is 0 Å². The van der Waals surface area contributed by atoms with Crippen LogP contribution in [0.3, 0.4) is 0 Å². The maximum atomic E-state index is 5.22. The van der Waals surface area contributed by atoms with E-state index in [-0.39, 0.29) is 0 Å². The number of rotatable bonds is 7. The average Bonchev–Trinajstić information content (AvgIpc) is 2.33. The van der Waals surface area contributed by atoms with E-state index in [1.165, 1.54) is 10.5 Å². The molecule has 1 rings (SSSR count). The smallest absolute Gasteiger partial charge is 0.0205 e. The molecular formula is C14H19NS. The molecule has 0 heterocycles. The van der Waals surface area contributed by atoms with E-state index in [0.29, 0.717) is 0 Å². The van der Waals surface area contributed by atoms with Crippen molar-refractivity contribution < 1.29 is 0 Å². The summed E-state index contributed by atoms with van der Waals surface area (Å²) in [5.74, 6) is 3.78. The lowest BCUT2D eigenvalue weighted by Crippen LogP contribution is -2.11. The van der Waals surface area contributed by atoms with E-state index in [0.717, 1.165) is 31.7 Å². The Bertz CT molecular complexity index is 341. The molecule has 0 atom stereocenters. The fourth-order valence-corrected chi connectivity index (χ4v) is 2.31. The minimum atomic E-state index is 0.879. The van der Waals surface area contributed by atoms with Gasteiger partial charge in [-0.15, -0.1) is 24.1 Å². The lowest BCUT2D eigenvalue weighted by atomic mass is 10.2. The van der Waals surface area contributed by atoms with Gasteiger partial charge in [-0.05, 0) is 36.4 Å². The van der Waals surface area contributed by atoms with Gasteiger partial charge in [0.15, 0.2) is 0 Å². The van der Waals surface area contributed by atoms with Crippen molar-refractivity contribution in [3.8, 4) is 12.3 Å². The Morgan fingerprint density at radius 1 is 1.44 bits per heavy atom. The van der Waals surface area contributed by atoms with Crippen LogP contribution in [0, 0.1) is 12.3 Å². The van der Waals surface area contributed by atoms with Gasteiger partial charge in [-0.2, -0.15) is 0 Å². The van der Waals surface area contributed by atoms with Crippen molar-refractivity contribution in [2.45, 2.75) is 31.2 Å². The SMILES string of the molecule is C#CCCCSc1cccc(CNCC)c1. The second-order valence-corrected chi connectivity index (χ2v) is 4.75. The molecule has 1 aromatic carbocycles. The molecule has 0 saturated carbocycles. The summed E-state index contributed by atoms with van der Waals surface area (Å²) in [6, 6.07) is 8.70. The van der Waals surface area contributed by atoms with Crippen LogP contribution in [0.5, 0.6) is 0 Å². The summed E-state index contributed by atoms with van der Waals surface area (Å²) in [5, 5.41) is 3.33. The van der Waals surface area contributed by atoms with Crippen LogP contribution in [0.15, 0.2) is 29.2 Å². The summed E-state index contributed by atoms with van der Waals surface area (Å²) in [4.78, 5) is 1.34. The summed E-state index contributed by atoms with van der Waals surface area (Å²) in [7, 11) is 0. The molecule has 0 saturated heterocycles. The molecule has 0 spiro atoms. The highest BCUT2D eigenvalue weighted by Gasteiger charge is 1.96. The van der Waals surface area contributed by atoms with Crippen LogP contribution in [-0.4, -0.2) is 12.3 Å². The molecule has 0 aliphatic carbocycles. The Morgan fingerprint density at radius 2 is 2.31 bits per heavy atom. The fraction of sp³-hybridized carbons (Fsp3) is 0.429. The molecule has 1 nitrogen and oxygen atoms in total. The molecule has 2 heteroatoms. The van der Waals surface area contributed by atoms with Crippen LogP contribution < -0.4 is 5.32 Å². The van der Waals surface area contributed by atoms with Gasteiger partial charge < -0.3 is 5.32 Å². The third-order valence-electron chi connectivity index (χ3n) is 2.21. The lowest BCUT2D eigenvalue weighted by molar-refractivity contribution is 0.725. The van der Waals surface area contributed by atoms with Crippen molar-refractivity contribution in [2.75, 3.05) is 12.3 Å². The van der Waals surface area contributed by atoms with Gasteiger partial charge in [0.25, 0.3) is 0 Å². The number of unbranched alkanes of at least 4 members (excludes halogenated alkanes) is 1. The highest BCUT2D eigenvalue weighted by molar-refractivity contribution is 7.99. The number of terminal acetylenes is 1. The molecule has 0 fully saturated rings. The first kappa shape index (κ1) is 13.2. The Labute approximate surface area is 103 Å². The zero-order chi connectivity index (χ0) is 11.6. The van der Waals surface area contributed by atoms with Gasteiger partial charge in [-0.25, -0.2) is 0 Å². The molecule has 16 heavy (non-hydrogen) atoms. The minimum Gasteiger partial charge on any atom is -0.313 e. The highest BCUT2D eigenvalue weighted by atomic mass is 32.2. The molecule has 0 aromatic heterocycles. The van der Waals surface area contributed by atoms with Gasteiger partial charge in [0.1, 0.15) is 0 Å². The molecule has 0 unspecified atom stereocenters. The molecule has 86 valence electrons. The molecule has 0 aliphatic rings. The fourth-order valence-electron chi connectivity index (χ4n) is 1.38. The van der Waals surface area contributed by atoms with E-state index in [4.69, 9.17) is 6.42 Å². The molecule has 1 aromatic rings. The number of thioether (sulfide) groups is 1. The maximum absolute atomic E-state index is 5.22. The topological polar surface area (TPSA) is 12.0 Å². The zero-order valence-corrected chi connectivity index (χ0v) is 10.6. The maximum Gasteiger partial charge on any atom is 0.0205 e. The largest absolute Gasteiger partial charge is 0.313 e. The van der Waals surface area contributed by atoms with Gasteiger partial charge in [-0.1, -0.05) is 19.1 Å². The number of benzene rings is 1. The zero-order valence-electron chi connectivity index (χ0n) is 9.83. The summed E-state index contributed by atoms with van der Waals surface area (Å²) in [6.45, 7) is 4.09. The monoisotopic (exact) mass is 233 g/mol. The van der Waals surface area contributed by atoms with E-state index in [1.54, 1.807) is 0 Å². The second-order valence-electron chi connectivity index (χ2n) is 3.58. The first-order valence-corrected chi connectivity index (χ1v) is 6.71. The molecular weight excluding hydrogens is 214 g/mol. The van der Waals surface area contributed by atoms with Crippen LogP contribution in [0.1, 0.15) is 25.3 Å². The molecule has 1 N–H and O–H groups in total. The van der Waals surface area contributed by atoms with E-state index >= 15 is 0 Å². The van der Waals surface area contributed by atoms with Crippen molar-refractivity contribution in [3.63, 3.8) is 0 Å². The van der Waals surface area contributed by atoms with Crippen molar-refractivity contribution in [2.24, 2.45) is 0 Å². The quantitative estimate of drug-likeness (QED) is 0.440. The summed E-state index contributed by atoms with van der Waals surface area (Å²) >= 11 is 1.88. The Kier molecular flexibility index (Phi) is 6.80. The predicted octanol–water partition coefficient (Wildman–Crippen LogP) is 3.30. The second kappa shape index (κ2) is 8.27. The van der Waals surface area contributed by atoms with E-state index in [1.807, 2.05) is 11.8 Å². The van der Waals surface area contributed by atoms with Crippen LogP contribution in [0.2, 0.25) is 0 Å². The van der Waals surface area contributed by atoms with Crippen LogP contribution >= 0.6 is 11.8 Å². The van der Waals surface area contributed by atoms with Gasteiger partial charge in [-0.3, -0.25) is 0 Å².